The highest BCUT2D eigenvalue weighted by Crippen LogP contribution is 2.25. The minimum absolute atomic E-state index is 0.0674. The molecule has 0 amide bonds. The first-order chi connectivity index (χ1) is 7.51. The third-order valence-corrected chi connectivity index (χ3v) is 2.70. The minimum atomic E-state index is -0.0674. The Balaban J connectivity index is 3.18. The van der Waals surface area contributed by atoms with E-state index in [1.54, 1.807) is 7.11 Å². The lowest BCUT2D eigenvalue weighted by atomic mass is 10.0. The van der Waals surface area contributed by atoms with Gasteiger partial charge in [0.1, 0.15) is 11.9 Å². The Labute approximate surface area is 97.2 Å². The summed E-state index contributed by atoms with van der Waals surface area (Å²) in [7, 11) is 1.67. The van der Waals surface area contributed by atoms with Crippen LogP contribution in [0.2, 0.25) is 0 Å². The van der Waals surface area contributed by atoms with E-state index in [0.29, 0.717) is 17.6 Å². The standard InChI is InChI=1S/C12H21N3O/c1-6-9(16-5)12-14-8(4)10(7(2)3)11(13)15-12/h7,9H,6H2,1-5H3,(H2,13,14,15). The van der Waals surface area contributed by atoms with E-state index in [4.69, 9.17) is 10.5 Å². The summed E-state index contributed by atoms with van der Waals surface area (Å²) < 4.78 is 5.32. The van der Waals surface area contributed by atoms with Crippen molar-refractivity contribution in [3.05, 3.63) is 17.1 Å². The van der Waals surface area contributed by atoms with Crippen LogP contribution in [0.5, 0.6) is 0 Å². The van der Waals surface area contributed by atoms with E-state index in [2.05, 4.69) is 23.8 Å². The summed E-state index contributed by atoms with van der Waals surface area (Å²) in [5, 5.41) is 0. The highest BCUT2D eigenvalue weighted by Gasteiger charge is 2.17. The molecule has 1 aromatic heterocycles. The molecule has 0 radical (unpaired) electrons. The monoisotopic (exact) mass is 223 g/mol. The third kappa shape index (κ3) is 2.50. The van der Waals surface area contributed by atoms with Crippen LogP contribution in [0.25, 0.3) is 0 Å². The van der Waals surface area contributed by atoms with E-state index in [1.807, 2.05) is 13.8 Å². The summed E-state index contributed by atoms with van der Waals surface area (Å²) in [6.45, 7) is 8.20. The van der Waals surface area contributed by atoms with Crippen LogP contribution in [0.15, 0.2) is 0 Å². The summed E-state index contributed by atoms with van der Waals surface area (Å²) in [5.41, 5.74) is 7.95. The number of hydrogen-bond acceptors (Lipinski definition) is 4. The maximum Gasteiger partial charge on any atom is 0.159 e. The molecule has 0 saturated heterocycles. The van der Waals surface area contributed by atoms with Crippen molar-refractivity contribution in [2.24, 2.45) is 0 Å². The van der Waals surface area contributed by atoms with Gasteiger partial charge in [-0.1, -0.05) is 20.8 Å². The molecular weight excluding hydrogens is 202 g/mol. The molecule has 1 rings (SSSR count). The fourth-order valence-electron chi connectivity index (χ4n) is 1.94. The second kappa shape index (κ2) is 5.25. The van der Waals surface area contributed by atoms with E-state index < -0.39 is 0 Å². The molecular formula is C12H21N3O. The van der Waals surface area contributed by atoms with Crippen LogP contribution < -0.4 is 5.73 Å². The third-order valence-electron chi connectivity index (χ3n) is 2.70. The van der Waals surface area contributed by atoms with E-state index in [-0.39, 0.29) is 6.10 Å². The van der Waals surface area contributed by atoms with Gasteiger partial charge < -0.3 is 10.5 Å². The average Bonchev–Trinajstić information content (AvgIpc) is 2.17. The Kier molecular flexibility index (Phi) is 4.24. The Hall–Kier alpha value is -1.16. The summed E-state index contributed by atoms with van der Waals surface area (Å²) in [6.07, 6.45) is 0.776. The quantitative estimate of drug-likeness (QED) is 0.852. The van der Waals surface area contributed by atoms with Gasteiger partial charge in [0.25, 0.3) is 0 Å². The van der Waals surface area contributed by atoms with Crippen LogP contribution in [-0.2, 0) is 4.74 Å². The molecule has 0 aromatic carbocycles. The Bertz CT molecular complexity index is 336. The van der Waals surface area contributed by atoms with Crippen molar-refractivity contribution in [3.63, 3.8) is 0 Å². The van der Waals surface area contributed by atoms with Crippen molar-refractivity contribution >= 4 is 5.82 Å². The number of nitrogen functional groups attached to an aromatic ring is 1. The Morgan fingerprint density at radius 2 is 1.94 bits per heavy atom. The van der Waals surface area contributed by atoms with Gasteiger partial charge in [-0.05, 0) is 19.3 Å². The van der Waals surface area contributed by atoms with Crippen LogP contribution in [0.4, 0.5) is 5.82 Å². The van der Waals surface area contributed by atoms with E-state index in [0.717, 1.165) is 17.7 Å². The first kappa shape index (κ1) is 12.9. The molecule has 0 aliphatic rings. The van der Waals surface area contributed by atoms with Crippen molar-refractivity contribution in [1.82, 2.24) is 9.97 Å². The number of aromatic nitrogens is 2. The van der Waals surface area contributed by atoms with Gasteiger partial charge >= 0.3 is 0 Å². The zero-order chi connectivity index (χ0) is 12.3. The van der Waals surface area contributed by atoms with Crippen molar-refractivity contribution in [2.75, 3.05) is 12.8 Å². The van der Waals surface area contributed by atoms with Crippen LogP contribution in [0.3, 0.4) is 0 Å². The maximum atomic E-state index is 5.96. The van der Waals surface area contributed by atoms with Crippen molar-refractivity contribution in [2.45, 2.75) is 46.1 Å². The number of nitrogens with zero attached hydrogens (tertiary/aromatic N) is 2. The molecule has 0 bridgehead atoms. The highest BCUT2D eigenvalue weighted by atomic mass is 16.5. The van der Waals surface area contributed by atoms with Gasteiger partial charge in [-0.2, -0.15) is 0 Å². The second-order valence-corrected chi connectivity index (χ2v) is 4.25. The molecule has 1 aromatic rings. The lowest BCUT2D eigenvalue weighted by Crippen LogP contribution is -2.12. The van der Waals surface area contributed by atoms with E-state index >= 15 is 0 Å². The molecule has 1 atom stereocenters. The van der Waals surface area contributed by atoms with Gasteiger partial charge in [-0.15, -0.1) is 0 Å². The van der Waals surface area contributed by atoms with Crippen molar-refractivity contribution in [1.29, 1.82) is 0 Å². The lowest BCUT2D eigenvalue weighted by molar-refractivity contribution is 0.0925. The molecule has 90 valence electrons. The summed E-state index contributed by atoms with van der Waals surface area (Å²) in [5.74, 6) is 1.61. The van der Waals surface area contributed by atoms with E-state index in [9.17, 15) is 0 Å². The summed E-state index contributed by atoms with van der Waals surface area (Å²) >= 11 is 0. The number of hydrogen-bond donors (Lipinski definition) is 1. The predicted molar refractivity (Wildman–Crippen MR) is 65.3 cm³/mol. The predicted octanol–water partition coefficient (Wildman–Crippen LogP) is 2.59. The van der Waals surface area contributed by atoms with Crippen LogP contribution in [0, 0.1) is 6.92 Å². The molecule has 2 N–H and O–H groups in total. The largest absolute Gasteiger partial charge is 0.383 e. The van der Waals surface area contributed by atoms with Gasteiger partial charge in [-0.25, -0.2) is 9.97 Å². The second-order valence-electron chi connectivity index (χ2n) is 4.25. The normalized spacial score (nSPS) is 13.1. The molecule has 1 heterocycles. The molecule has 0 saturated carbocycles. The molecule has 4 heteroatoms. The zero-order valence-electron chi connectivity index (χ0n) is 10.7. The fraction of sp³-hybridized carbons (Fsp3) is 0.667. The van der Waals surface area contributed by atoms with Crippen LogP contribution >= 0.6 is 0 Å². The maximum absolute atomic E-state index is 5.96. The smallest absolute Gasteiger partial charge is 0.159 e. The topological polar surface area (TPSA) is 61.0 Å². The van der Waals surface area contributed by atoms with Crippen LogP contribution in [0.1, 0.15) is 56.3 Å². The number of aryl methyl sites for hydroxylation is 1. The molecule has 4 nitrogen and oxygen atoms in total. The average molecular weight is 223 g/mol. The zero-order valence-corrected chi connectivity index (χ0v) is 10.7. The van der Waals surface area contributed by atoms with Gasteiger partial charge in [0.05, 0.1) is 0 Å². The van der Waals surface area contributed by atoms with Gasteiger partial charge in [-0.3, -0.25) is 0 Å². The summed E-state index contributed by atoms with van der Waals surface area (Å²) in [6, 6.07) is 0. The van der Waals surface area contributed by atoms with E-state index in [1.165, 1.54) is 0 Å². The molecule has 0 aliphatic carbocycles. The highest BCUT2D eigenvalue weighted by molar-refractivity contribution is 5.44. The lowest BCUT2D eigenvalue weighted by Gasteiger charge is -2.16. The molecule has 0 spiro atoms. The number of rotatable bonds is 4. The van der Waals surface area contributed by atoms with Gasteiger partial charge in [0, 0.05) is 18.4 Å². The number of methoxy groups -OCH3 is 1. The molecule has 16 heavy (non-hydrogen) atoms. The number of nitrogens with two attached hydrogens (primary N) is 1. The first-order valence-electron chi connectivity index (χ1n) is 5.67. The van der Waals surface area contributed by atoms with Gasteiger partial charge in [0.2, 0.25) is 0 Å². The summed E-state index contributed by atoms with van der Waals surface area (Å²) in [4.78, 5) is 8.82. The molecule has 0 aliphatic heterocycles. The van der Waals surface area contributed by atoms with Crippen LogP contribution in [-0.4, -0.2) is 17.1 Å². The Morgan fingerprint density at radius 3 is 2.31 bits per heavy atom. The van der Waals surface area contributed by atoms with Crippen molar-refractivity contribution < 1.29 is 4.74 Å². The molecule has 0 fully saturated rings. The number of anilines is 1. The first-order valence-corrected chi connectivity index (χ1v) is 5.67. The Morgan fingerprint density at radius 1 is 1.31 bits per heavy atom. The van der Waals surface area contributed by atoms with Crippen molar-refractivity contribution in [3.8, 4) is 0 Å². The van der Waals surface area contributed by atoms with Gasteiger partial charge in [0.15, 0.2) is 5.82 Å². The minimum Gasteiger partial charge on any atom is -0.383 e. The molecule has 1 unspecified atom stereocenters. The SMILES string of the molecule is CCC(OC)c1nc(C)c(C(C)C)c(N)n1. The fourth-order valence-corrected chi connectivity index (χ4v) is 1.94. The number of ether oxygens (including phenoxy) is 1.